The molecule has 0 aliphatic heterocycles. The highest BCUT2D eigenvalue weighted by molar-refractivity contribution is 7.17. The van der Waals surface area contributed by atoms with Gasteiger partial charge in [0.25, 0.3) is 0 Å². The van der Waals surface area contributed by atoms with Crippen LogP contribution in [0.3, 0.4) is 0 Å². The maximum Gasteiger partial charge on any atom is 0.350 e. The molecule has 2 rings (SSSR count). The molecule has 2 aromatic heterocycles. The zero-order chi connectivity index (χ0) is 14.0. The van der Waals surface area contributed by atoms with Crippen LogP contribution in [0.25, 0.3) is 0 Å². The van der Waals surface area contributed by atoms with E-state index in [1.807, 2.05) is 38.3 Å². The second kappa shape index (κ2) is 5.40. The number of methoxy groups -OCH3 is 1. The molecule has 2 aromatic rings. The van der Waals surface area contributed by atoms with E-state index in [4.69, 9.17) is 4.74 Å². The summed E-state index contributed by atoms with van der Waals surface area (Å²) in [5.74, 6) is -0.337. The number of rotatable bonds is 4. The van der Waals surface area contributed by atoms with Gasteiger partial charge in [-0.2, -0.15) is 5.10 Å². The van der Waals surface area contributed by atoms with Crippen molar-refractivity contribution >= 4 is 22.4 Å². The first kappa shape index (κ1) is 13.5. The Morgan fingerprint density at radius 1 is 1.58 bits per heavy atom. The number of anilines is 1. The summed E-state index contributed by atoms with van der Waals surface area (Å²) in [5, 5.41) is 4.92. The average Bonchev–Trinajstić information content (AvgIpc) is 2.95. The highest BCUT2D eigenvalue weighted by atomic mass is 32.1. The third kappa shape index (κ3) is 2.93. The normalized spacial score (nSPS) is 10.5. The average molecular weight is 280 g/mol. The van der Waals surface area contributed by atoms with E-state index >= 15 is 0 Å². The van der Waals surface area contributed by atoms with E-state index in [9.17, 15) is 4.79 Å². The molecule has 102 valence electrons. The highest BCUT2D eigenvalue weighted by Crippen LogP contribution is 2.26. The standard InChI is InChI=1S/C12H16N4O2S/c1-8-10(11(17)18-4)19-12(14-8)15(2)6-9-5-13-16(3)7-9/h5,7H,6H2,1-4H3. The smallest absolute Gasteiger partial charge is 0.350 e. The van der Waals surface area contributed by atoms with Crippen molar-refractivity contribution in [2.24, 2.45) is 7.05 Å². The summed E-state index contributed by atoms with van der Waals surface area (Å²) in [6.07, 6.45) is 3.77. The molecule has 0 aliphatic rings. The number of nitrogens with zero attached hydrogens (tertiary/aromatic N) is 4. The fraction of sp³-hybridized carbons (Fsp3) is 0.417. The fourth-order valence-electron chi connectivity index (χ4n) is 1.72. The molecule has 0 unspecified atom stereocenters. The van der Waals surface area contributed by atoms with Crippen LogP contribution in [0, 0.1) is 6.92 Å². The number of ether oxygens (including phenoxy) is 1. The zero-order valence-corrected chi connectivity index (χ0v) is 12.2. The Kier molecular flexibility index (Phi) is 3.84. The number of thiazole rings is 1. The van der Waals surface area contributed by atoms with E-state index in [0.717, 1.165) is 10.7 Å². The lowest BCUT2D eigenvalue weighted by molar-refractivity contribution is 0.0605. The molecule has 2 heterocycles. The van der Waals surface area contributed by atoms with Crippen LogP contribution in [0.15, 0.2) is 12.4 Å². The number of hydrogen-bond acceptors (Lipinski definition) is 6. The van der Waals surface area contributed by atoms with Crippen molar-refractivity contribution in [3.05, 3.63) is 28.5 Å². The maximum atomic E-state index is 11.5. The van der Waals surface area contributed by atoms with Crippen LogP contribution in [-0.2, 0) is 18.3 Å². The third-order valence-electron chi connectivity index (χ3n) is 2.66. The first-order valence-electron chi connectivity index (χ1n) is 5.75. The van der Waals surface area contributed by atoms with E-state index < -0.39 is 0 Å². The molecule has 0 bridgehead atoms. The van der Waals surface area contributed by atoms with Gasteiger partial charge in [-0.3, -0.25) is 4.68 Å². The van der Waals surface area contributed by atoms with E-state index in [-0.39, 0.29) is 5.97 Å². The minimum absolute atomic E-state index is 0.337. The summed E-state index contributed by atoms with van der Waals surface area (Å²) in [7, 11) is 5.19. The Morgan fingerprint density at radius 3 is 2.89 bits per heavy atom. The lowest BCUT2D eigenvalue weighted by Gasteiger charge is -2.13. The Bertz CT molecular complexity index is 590. The van der Waals surface area contributed by atoms with Gasteiger partial charge < -0.3 is 9.64 Å². The van der Waals surface area contributed by atoms with Gasteiger partial charge in [0.1, 0.15) is 4.88 Å². The van der Waals surface area contributed by atoms with Gasteiger partial charge in [0.2, 0.25) is 0 Å². The van der Waals surface area contributed by atoms with Crippen molar-refractivity contribution in [3.8, 4) is 0 Å². The summed E-state index contributed by atoms with van der Waals surface area (Å²) in [4.78, 5) is 18.5. The highest BCUT2D eigenvalue weighted by Gasteiger charge is 2.17. The topological polar surface area (TPSA) is 60.2 Å². The first-order valence-corrected chi connectivity index (χ1v) is 6.57. The predicted octanol–water partition coefficient (Wildman–Crippen LogP) is 1.61. The molecule has 0 saturated carbocycles. The number of carbonyl (C=O) groups is 1. The molecule has 0 spiro atoms. The molecule has 0 aromatic carbocycles. The van der Waals surface area contributed by atoms with Gasteiger partial charge in [-0.1, -0.05) is 11.3 Å². The molecule has 0 atom stereocenters. The summed E-state index contributed by atoms with van der Waals surface area (Å²) < 4.78 is 6.49. The predicted molar refractivity (Wildman–Crippen MR) is 73.5 cm³/mol. The van der Waals surface area contributed by atoms with Crippen molar-refractivity contribution in [3.63, 3.8) is 0 Å². The lowest BCUT2D eigenvalue weighted by atomic mass is 10.3. The Morgan fingerprint density at radius 2 is 2.32 bits per heavy atom. The number of esters is 1. The summed E-state index contributed by atoms with van der Waals surface area (Å²) in [5.41, 5.74) is 1.79. The Labute approximate surface area is 115 Å². The molecule has 0 aliphatic carbocycles. The van der Waals surface area contributed by atoms with E-state index in [1.54, 1.807) is 4.68 Å². The fourth-order valence-corrected chi connectivity index (χ4v) is 2.67. The van der Waals surface area contributed by atoms with Crippen LogP contribution in [0.1, 0.15) is 20.9 Å². The van der Waals surface area contributed by atoms with Gasteiger partial charge >= 0.3 is 5.97 Å². The number of carbonyl (C=O) groups excluding carboxylic acids is 1. The molecular weight excluding hydrogens is 264 g/mol. The number of aromatic nitrogens is 3. The number of aryl methyl sites for hydroxylation is 2. The lowest BCUT2D eigenvalue weighted by Crippen LogP contribution is -2.15. The molecule has 0 amide bonds. The molecule has 0 N–H and O–H groups in total. The van der Waals surface area contributed by atoms with Crippen molar-refractivity contribution in [2.45, 2.75) is 13.5 Å². The van der Waals surface area contributed by atoms with Crippen LogP contribution in [0.4, 0.5) is 5.13 Å². The molecule has 19 heavy (non-hydrogen) atoms. The van der Waals surface area contributed by atoms with Gasteiger partial charge in [0, 0.05) is 32.4 Å². The second-order valence-corrected chi connectivity index (χ2v) is 5.26. The minimum atomic E-state index is -0.337. The van der Waals surface area contributed by atoms with Crippen LogP contribution < -0.4 is 4.90 Å². The van der Waals surface area contributed by atoms with Crippen LogP contribution in [0.5, 0.6) is 0 Å². The van der Waals surface area contributed by atoms with Gasteiger partial charge in [0.05, 0.1) is 19.0 Å². The molecule has 0 fully saturated rings. The summed E-state index contributed by atoms with van der Waals surface area (Å²) >= 11 is 1.34. The van der Waals surface area contributed by atoms with Crippen LogP contribution in [-0.4, -0.2) is 34.9 Å². The van der Waals surface area contributed by atoms with E-state index in [2.05, 4.69) is 10.1 Å². The van der Waals surface area contributed by atoms with Crippen LogP contribution >= 0.6 is 11.3 Å². The maximum absolute atomic E-state index is 11.5. The quantitative estimate of drug-likeness (QED) is 0.796. The monoisotopic (exact) mass is 280 g/mol. The van der Waals surface area contributed by atoms with Gasteiger partial charge in [-0.15, -0.1) is 0 Å². The van der Waals surface area contributed by atoms with Crippen molar-refractivity contribution in [2.75, 3.05) is 19.1 Å². The van der Waals surface area contributed by atoms with Gasteiger partial charge in [0.15, 0.2) is 5.13 Å². The Balaban J connectivity index is 2.15. The van der Waals surface area contributed by atoms with Crippen molar-refractivity contribution < 1.29 is 9.53 Å². The second-order valence-electron chi connectivity index (χ2n) is 4.28. The molecule has 7 heteroatoms. The zero-order valence-electron chi connectivity index (χ0n) is 11.4. The van der Waals surface area contributed by atoms with Gasteiger partial charge in [-0.25, -0.2) is 9.78 Å². The third-order valence-corrected chi connectivity index (χ3v) is 3.91. The number of hydrogen-bond donors (Lipinski definition) is 0. The molecule has 6 nitrogen and oxygen atoms in total. The van der Waals surface area contributed by atoms with E-state index in [1.165, 1.54) is 18.4 Å². The Hall–Kier alpha value is -1.89. The summed E-state index contributed by atoms with van der Waals surface area (Å²) in [6.45, 7) is 2.51. The first-order chi connectivity index (χ1) is 9.01. The van der Waals surface area contributed by atoms with Crippen molar-refractivity contribution in [1.29, 1.82) is 0 Å². The summed E-state index contributed by atoms with van der Waals surface area (Å²) in [6, 6.07) is 0. The molecule has 0 radical (unpaired) electrons. The molecule has 0 saturated heterocycles. The SMILES string of the molecule is COC(=O)c1sc(N(C)Cc2cnn(C)c2)nc1C. The van der Waals surface area contributed by atoms with Crippen LogP contribution in [0.2, 0.25) is 0 Å². The molecular formula is C12H16N4O2S. The minimum Gasteiger partial charge on any atom is -0.465 e. The largest absolute Gasteiger partial charge is 0.465 e. The van der Waals surface area contributed by atoms with E-state index in [0.29, 0.717) is 17.1 Å². The van der Waals surface area contributed by atoms with Gasteiger partial charge in [-0.05, 0) is 6.92 Å². The van der Waals surface area contributed by atoms with Crippen molar-refractivity contribution in [1.82, 2.24) is 14.8 Å².